The van der Waals surface area contributed by atoms with Gasteiger partial charge in [-0.25, -0.2) is 0 Å². The van der Waals surface area contributed by atoms with E-state index < -0.39 is 33.6 Å². The van der Waals surface area contributed by atoms with Crippen LogP contribution in [0.4, 0.5) is 32.0 Å². The third-order valence-corrected chi connectivity index (χ3v) is 2.42. The van der Waals surface area contributed by atoms with Gasteiger partial charge >= 0.3 is 12.4 Å². The van der Waals surface area contributed by atoms with Crippen LogP contribution in [0.15, 0.2) is 16.6 Å². The minimum absolute atomic E-state index is 0.0138. The largest absolute Gasteiger partial charge is 0.418 e. The van der Waals surface area contributed by atoms with Gasteiger partial charge in [-0.2, -0.15) is 26.3 Å². The molecule has 8 heteroatoms. The van der Waals surface area contributed by atoms with Gasteiger partial charge in [0.2, 0.25) is 0 Å². The number of nitrogens with two attached hydrogens (primary N) is 1. The summed E-state index contributed by atoms with van der Waals surface area (Å²) in [6, 6.07) is 0.491. The third kappa shape index (κ3) is 2.60. The van der Waals surface area contributed by atoms with Crippen molar-refractivity contribution in [1.82, 2.24) is 0 Å². The van der Waals surface area contributed by atoms with E-state index in [1.54, 1.807) is 0 Å². The quantitative estimate of drug-likeness (QED) is 0.567. The molecule has 1 aromatic carbocycles. The molecule has 0 saturated carbocycles. The molecule has 0 fully saturated rings. The van der Waals surface area contributed by atoms with Gasteiger partial charge in [0.05, 0.1) is 16.8 Å². The highest BCUT2D eigenvalue weighted by molar-refractivity contribution is 9.10. The Balaban J connectivity index is 3.46. The molecule has 0 saturated heterocycles. The van der Waals surface area contributed by atoms with Crippen LogP contribution in [0.3, 0.4) is 0 Å². The van der Waals surface area contributed by atoms with Crippen molar-refractivity contribution in [3.8, 4) is 0 Å². The molecule has 1 nitrogen and oxygen atoms in total. The Kier molecular flexibility index (Phi) is 3.15. The maximum Gasteiger partial charge on any atom is 0.418 e. The number of alkyl halides is 6. The average Bonchev–Trinajstić information content (AvgIpc) is 2.05. The van der Waals surface area contributed by atoms with Crippen LogP contribution in [0.1, 0.15) is 11.1 Å². The van der Waals surface area contributed by atoms with Gasteiger partial charge in [0.1, 0.15) is 0 Å². The lowest BCUT2D eigenvalue weighted by molar-refractivity contribution is -0.142. The Hall–Kier alpha value is -0.920. The summed E-state index contributed by atoms with van der Waals surface area (Å²) in [6.45, 7) is 0. The summed E-state index contributed by atoms with van der Waals surface area (Å²) in [5.74, 6) is 0. The Morgan fingerprint density at radius 1 is 0.938 bits per heavy atom. The van der Waals surface area contributed by atoms with Gasteiger partial charge in [-0.3, -0.25) is 0 Å². The first-order chi connectivity index (χ1) is 7.03. The van der Waals surface area contributed by atoms with E-state index >= 15 is 0 Å². The van der Waals surface area contributed by atoms with Crippen LogP contribution in [0.2, 0.25) is 0 Å². The SMILES string of the molecule is Nc1c(Br)cc(C(F)(F)F)cc1C(F)(F)F. The lowest BCUT2D eigenvalue weighted by Gasteiger charge is -2.15. The molecular weight excluding hydrogens is 304 g/mol. The standard InChI is InChI=1S/C8H4BrF6N/c9-5-2-3(7(10,11)12)1-4(6(5)16)8(13,14)15/h1-2H,16H2. The lowest BCUT2D eigenvalue weighted by atomic mass is 10.1. The van der Waals surface area contributed by atoms with Crippen molar-refractivity contribution in [2.24, 2.45) is 0 Å². The first-order valence-electron chi connectivity index (χ1n) is 3.77. The van der Waals surface area contributed by atoms with E-state index in [9.17, 15) is 26.3 Å². The van der Waals surface area contributed by atoms with E-state index in [2.05, 4.69) is 15.9 Å². The van der Waals surface area contributed by atoms with Crippen molar-refractivity contribution in [2.75, 3.05) is 5.73 Å². The summed E-state index contributed by atoms with van der Waals surface area (Å²) in [4.78, 5) is 0. The van der Waals surface area contributed by atoms with Crippen LogP contribution in [0.25, 0.3) is 0 Å². The summed E-state index contributed by atoms with van der Waals surface area (Å²) >= 11 is 2.56. The zero-order valence-corrected chi connectivity index (χ0v) is 8.96. The number of hydrogen-bond acceptors (Lipinski definition) is 1. The molecular formula is C8H4BrF6N. The van der Waals surface area contributed by atoms with Crippen LogP contribution in [0.5, 0.6) is 0 Å². The van der Waals surface area contributed by atoms with Crippen molar-refractivity contribution in [2.45, 2.75) is 12.4 Å². The number of halogens is 7. The van der Waals surface area contributed by atoms with Crippen LogP contribution >= 0.6 is 15.9 Å². The van der Waals surface area contributed by atoms with Crippen LogP contribution < -0.4 is 5.73 Å². The fourth-order valence-electron chi connectivity index (χ4n) is 1.02. The number of benzene rings is 1. The van der Waals surface area contributed by atoms with E-state index in [-0.39, 0.29) is 6.07 Å². The average molecular weight is 308 g/mol. The van der Waals surface area contributed by atoms with E-state index in [1.165, 1.54) is 0 Å². The van der Waals surface area contributed by atoms with Gasteiger partial charge in [0, 0.05) is 4.47 Å². The van der Waals surface area contributed by atoms with Gasteiger partial charge in [-0.1, -0.05) is 0 Å². The predicted molar refractivity (Wildman–Crippen MR) is 48.6 cm³/mol. The first-order valence-corrected chi connectivity index (χ1v) is 4.56. The van der Waals surface area contributed by atoms with Crippen LogP contribution in [-0.2, 0) is 12.4 Å². The Labute approximate surface area is 94.4 Å². The molecule has 0 radical (unpaired) electrons. The number of hydrogen-bond donors (Lipinski definition) is 1. The molecule has 0 amide bonds. The normalized spacial score (nSPS) is 12.9. The fraction of sp³-hybridized carbons (Fsp3) is 0.250. The molecule has 1 rings (SSSR count). The summed E-state index contributed by atoms with van der Waals surface area (Å²) in [7, 11) is 0. The molecule has 0 aromatic heterocycles. The maximum atomic E-state index is 12.3. The second kappa shape index (κ2) is 3.83. The molecule has 16 heavy (non-hydrogen) atoms. The minimum atomic E-state index is -4.92. The second-order valence-corrected chi connectivity index (χ2v) is 3.77. The zero-order chi connectivity index (χ0) is 12.7. The summed E-state index contributed by atoms with van der Waals surface area (Å²) in [6.07, 6.45) is -9.77. The molecule has 0 aliphatic rings. The predicted octanol–water partition coefficient (Wildman–Crippen LogP) is 4.07. The van der Waals surface area contributed by atoms with Crippen molar-refractivity contribution in [1.29, 1.82) is 0 Å². The Bertz CT molecular complexity index is 408. The fourth-order valence-corrected chi connectivity index (χ4v) is 1.48. The van der Waals surface area contributed by atoms with Crippen molar-refractivity contribution >= 4 is 21.6 Å². The van der Waals surface area contributed by atoms with E-state index in [0.29, 0.717) is 6.07 Å². The Morgan fingerprint density at radius 3 is 1.81 bits per heavy atom. The highest BCUT2D eigenvalue weighted by atomic mass is 79.9. The first kappa shape index (κ1) is 13.1. The van der Waals surface area contributed by atoms with Gasteiger partial charge in [-0.15, -0.1) is 0 Å². The molecule has 0 unspecified atom stereocenters. The number of rotatable bonds is 0. The van der Waals surface area contributed by atoms with Crippen molar-refractivity contribution < 1.29 is 26.3 Å². The number of nitrogen functional groups attached to an aromatic ring is 1. The third-order valence-electron chi connectivity index (χ3n) is 1.76. The van der Waals surface area contributed by atoms with Gasteiger partial charge in [0.15, 0.2) is 0 Å². The summed E-state index contributed by atoms with van der Waals surface area (Å²) in [5.41, 5.74) is 1.38. The summed E-state index contributed by atoms with van der Waals surface area (Å²) < 4.78 is 73.3. The lowest BCUT2D eigenvalue weighted by Crippen LogP contribution is -2.13. The second-order valence-electron chi connectivity index (χ2n) is 2.91. The molecule has 0 atom stereocenters. The highest BCUT2D eigenvalue weighted by Gasteiger charge is 2.38. The molecule has 0 aliphatic carbocycles. The van der Waals surface area contributed by atoms with E-state index in [4.69, 9.17) is 5.73 Å². The minimum Gasteiger partial charge on any atom is -0.397 e. The Morgan fingerprint density at radius 2 is 1.44 bits per heavy atom. The van der Waals surface area contributed by atoms with Crippen molar-refractivity contribution in [3.63, 3.8) is 0 Å². The van der Waals surface area contributed by atoms with Crippen molar-refractivity contribution in [3.05, 3.63) is 27.7 Å². The monoisotopic (exact) mass is 307 g/mol. The van der Waals surface area contributed by atoms with Crippen LogP contribution in [0, 0.1) is 0 Å². The van der Waals surface area contributed by atoms with Gasteiger partial charge < -0.3 is 5.73 Å². The number of anilines is 1. The van der Waals surface area contributed by atoms with E-state index in [1.807, 2.05) is 0 Å². The molecule has 0 aliphatic heterocycles. The molecule has 90 valence electrons. The van der Waals surface area contributed by atoms with Gasteiger partial charge in [-0.05, 0) is 28.1 Å². The zero-order valence-electron chi connectivity index (χ0n) is 7.38. The molecule has 2 N–H and O–H groups in total. The molecule has 1 aromatic rings. The van der Waals surface area contributed by atoms with E-state index in [0.717, 1.165) is 0 Å². The molecule has 0 bridgehead atoms. The van der Waals surface area contributed by atoms with Gasteiger partial charge in [0.25, 0.3) is 0 Å². The highest BCUT2D eigenvalue weighted by Crippen LogP contribution is 2.41. The maximum absolute atomic E-state index is 12.3. The van der Waals surface area contributed by atoms with Crippen LogP contribution in [-0.4, -0.2) is 0 Å². The topological polar surface area (TPSA) is 26.0 Å². The smallest absolute Gasteiger partial charge is 0.397 e. The summed E-state index contributed by atoms with van der Waals surface area (Å²) in [5, 5.41) is 0. The molecule has 0 spiro atoms. The molecule has 0 heterocycles.